The number of nitrogens with one attached hydrogen (secondary N) is 3. The summed E-state index contributed by atoms with van der Waals surface area (Å²) in [5.74, 6) is -0.0287. The number of urea groups is 2. The van der Waals surface area contributed by atoms with Crippen LogP contribution in [0.2, 0.25) is 0 Å². The van der Waals surface area contributed by atoms with Gasteiger partial charge in [0.2, 0.25) is 0 Å². The lowest BCUT2D eigenvalue weighted by molar-refractivity contribution is -0.0123. The van der Waals surface area contributed by atoms with Crippen molar-refractivity contribution in [2.45, 2.75) is 116 Å². The Morgan fingerprint density at radius 2 is 1.77 bits per heavy atom. The van der Waals surface area contributed by atoms with Crippen LogP contribution in [-0.2, 0) is 4.74 Å². The fourth-order valence-electron chi connectivity index (χ4n) is 5.78. The average molecular weight is 618 g/mol. The van der Waals surface area contributed by atoms with Crippen LogP contribution in [0.4, 0.5) is 15.3 Å². The predicted molar refractivity (Wildman–Crippen MR) is 172 cm³/mol. The molecular formula is C33H55N5O6. The monoisotopic (exact) mass is 617 g/mol. The Balaban J connectivity index is 1.86. The molecule has 1 aromatic rings. The van der Waals surface area contributed by atoms with E-state index >= 15 is 0 Å². The summed E-state index contributed by atoms with van der Waals surface area (Å²) in [4.78, 5) is 43.0. The summed E-state index contributed by atoms with van der Waals surface area (Å²) in [5, 5.41) is 18.9. The van der Waals surface area contributed by atoms with E-state index in [-0.39, 0.29) is 54.8 Å². The van der Waals surface area contributed by atoms with Crippen molar-refractivity contribution in [1.29, 1.82) is 0 Å². The molecule has 0 aromatic heterocycles. The SMILES string of the molecule is CC(C)NC(=O)Nc1ccc2c(c1)C(=O)N([C@@H](C)CO)C[C@H](C)[C@H](CN(C)C(=O)NC1CCCCC1)OCCCC[C@H](C)O2. The second kappa shape index (κ2) is 17.4. The number of amides is 5. The molecule has 0 unspecified atom stereocenters. The molecule has 1 heterocycles. The summed E-state index contributed by atoms with van der Waals surface area (Å²) in [5.41, 5.74) is 0.772. The minimum Gasteiger partial charge on any atom is -0.490 e. The molecule has 44 heavy (non-hydrogen) atoms. The number of hydrogen-bond acceptors (Lipinski definition) is 6. The van der Waals surface area contributed by atoms with Crippen LogP contribution in [0.1, 0.15) is 96.3 Å². The van der Waals surface area contributed by atoms with Crippen LogP contribution in [-0.4, -0.2) is 96.6 Å². The third-order valence-electron chi connectivity index (χ3n) is 8.46. The zero-order chi connectivity index (χ0) is 32.2. The van der Waals surface area contributed by atoms with E-state index in [9.17, 15) is 19.5 Å². The number of aliphatic hydroxyl groups excluding tert-OH is 1. The third-order valence-corrected chi connectivity index (χ3v) is 8.46. The van der Waals surface area contributed by atoms with Crippen LogP contribution in [0.25, 0.3) is 0 Å². The summed E-state index contributed by atoms with van der Waals surface area (Å²) in [6, 6.07) is 4.28. The van der Waals surface area contributed by atoms with Gasteiger partial charge in [0.1, 0.15) is 5.75 Å². The minimum absolute atomic E-state index is 0.0481. The first kappa shape index (κ1) is 35.4. The van der Waals surface area contributed by atoms with Crippen LogP contribution < -0.4 is 20.7 Å². The van der Waals surface area contributed by atoms with Crippen molar-refractivity contribution in [2.24, 2.45) is 5.92 Å². The van der Waals surface area contributed by atoms with Crippen LogP contribution in [0.5, 0.6) is 5.75 Å². The van der Waals surface area contributed by atoms with Crippen molar-refractivity contribution >= 4 is 23.7 Å². The van der Waals surface area contributed by atoms with Gasteiger partial charge in [-0.05, 0) is 78.0 Å². The Bertz CT molecular complexity index is 1080. The molecule has 1 aromatic carbocycles. The van der Waals surface area contributed by atoms with Crippen molar-refractivity contribution in [2.75, 3.05) is 38.7 Å². The van der Waals surface area contributed by atoms with Crippen molar-refractivity contribution in [3.8, 4) is 5.75 Å². The number of aliphatic hydroxyl groups is 1. The van der Waals surface area contributed by atoms with Gasteiger partial charge in [-0.25, -0.2) is 9.59 Å². The number of rotatable bonds is 7. The first-order valence-corrected chi connectivity index (χ1v) is 16.4. The highest BCUT2D eigenvalue weighted by Crippen LogP contribution is 2.28. The maximum Gasteiger partial charge on any atom is 0.319 e. The summed E-state index contributed by atoms with van der Waals surface area (Å²) in [6.45, 7) is 10.5. The smallest absolute Gasteiger partial charge is 0.319 e. The second-order valence-electron chi connectivity index (χ2n) is 12.9. The van der Waals surface area contributed by atoms with Crippen molar-refractivity contribution in [3.63, 3.8) is 0 Å². The number of ether oxygens (including phenoxy) is 2. The molecule has 11 heteroatoms. The lowest BCUT2D eigenvalue weighted by atomic mass is 9.96. The normalized spacial score (nSPS) is 23.1. The highest BCUT2D eigenvalue weighted by molar-refractivity contribution is 5.99. The Morgan fingerprint density at radius 1 is 1.07 bits per heavy atom. The lowest BCUT2D eigenvalue weighted by Crippen LogP contribution is -2.50. The highest BCUT2D eigenvalue weighted by atomic mass is 16.5. The summed E-state index contributed by atoms with van der Waals surface area (Å²) >= 11 is 0. The molecule has 1 saturated carbocycles. The Hall–Kier alpha value is -3.05. The quantitative estimate of drug-likeness (QED) is 0.341. The molecular weight excluding hydrogens is 562 g/mol. The summed E-state index contributed by atoms with van der Waals surface area (Å²) in [7, 11) is 1.79. The van der Waals surface area contributed by atoms with Gasteiger partial charge in [-0.2, -0.15) is 0 Å². The molecule has 11 nitrogen and oxygen atoms in total. The molecule has 3 rings (SSSR count). The van der Waals surface area contributed by atoms with Crippen LogP contribution in [0.15, 0.2) is 18.2 Å². The zero-order valence-electron chi connectivity index (χ0n) is 27.6. The van der Waals surface area contributed by atoms with E-state index in [1.165, 1.54) is 6.42 Å². The van der Waals surface area contributed by atoms with Gasteiger partial charge < -0.3 is 40.3 Å². The van der Waals surface area contributed by atoms with E-state index in [0.717, 1.165) is 44.9 Å². The maximum absolute atomic E-state index is 14.2. The Kier molecular flexibility index (Phi) is 14.0. The molecule has 5 amide bonds. The van der Waals surface area contributed by atoms with Gasteiger partial charge in [0.15, 0.2) is 0 Å². The zero-order valence-corrected chi connectivity index (χ0v) is 27.6. The minimum atomic E-state index is -0.489. The topological polar surface area (TPSA) is 132 Å². The molecule has 0 radical (unpaired) electrons. The molecule has 4 N–H and O–H groups in total. The molecule has 1 fully saturated rings. The van der Waals surface area contributed by atoms with E-state index in [0.29, 0.717) is 36.7 Å². The molecule has 0 spiro atoms. The van der Waals surface area contributed by atoms with Gasteiger partial charge in [0, 0.05) is 50.4 Å². The van der Waals surface area contributed by atoms with Gasteiger partial charge in [0.05, 0.1) is 30.4 Å². The Morgan fingerprint density at radius 3 is 2.45 bits per heavy atom. The largest absolute Gasteiger partial charge is 0.490 e. The van der Waals surface area contributed by atoms with E-state index in [2.05, 4.69) is 16.0 Å². The Labute approximate surface area is 263 Å². The predicted octanol–water partition coefficient (Wildman–Crippen LogP) is 4.99. The van der Waals surface area contributed by atoms with Crippen molar-refractivity contribution < 1.29 is 29.0 Å². The first-order valence-electron chi connectivity index (χ1n) is 16.4. The third kappa shape index (κ3) is 10.8. The fraction of sp³-hybridized carbons (Fsp3) is 0.727. The maximum atomic E-state index is 14.2. The van der Waals surface area contributed by atoms with Crippen molar-refractivity contribution in [3.05, 3.63) is 23.8 Å². The lowest BCUT2D eigenvalue weighted by Gasteiger charge is -2.36. The summed E-state index contributed by atoms with van der Waals surface area (Å²) in [6.07, 6.45) is 7.54. The number of likely N-dealkylation sites (N-methyl/N-ethyl adjacent to an activating group) is 1. The number of benzene rings is 1. The molecule has 1 aliphatic heterocycles. The molecule has 1 aliphatic carbocycles. The number of anilines is 1. The highest BCUT2D eigenvalue weighted by Gasteiger charge is 2.31. The van der Waals surface area contributed by atoms with Gasteiger partial charge in [0.25, 0.3) is 5.91 Å². The van der Waals surface area contributed by atoms with E-state index in [1.807, 2.05) is 27.7 Å². The molecule has 248 valence electrons. The number of fused-ring (bicyclic) bond motifs is 1. The standard InChI is InChI=1S/C33H55N5O6/c1-22(2)34-32(41)35-27-15-16-29-28(18-27)31(40)38(24(4)21-39)19-23(3)30(43-17-11-10-12-25(5)44-29)20-37(6)33(42)36-26-13-8-7-9-14-26/h15-16,18,22-26,30,39H,7-14,17,19-21H2,1-6H3,(H,36,42)(H2,34,35,41)/t23-,24-,25-,30-/m0/s1. The second-order valence-corrected chi connectivity index (χ2v) is 12.9. The molecule has 0 bridgehead atoms. The van der Waals surface area contributed by atoms with Gasteiger partial charge in [-0.1, -0.05) is 26.2 Å². The number of hydrogen-bond donors (Lipinski definition) is 4. The van der Waals surface area contributed by atoms with E-state index < -0.39 is 6.04 Å². The molecule has 0 saturated heterocycles. The average Bonchev–Trinajstić information content (AvgIpc) is 2.98. The van der Waals surface area contributed by atoms with Gasteiger partial charge >= 0.3 is 12.1 Å². The van der Waals surface area contributed by atoms with Crippen LogP contribution in [0.3, 0.4) is 0 Å². The van der Waals surface area contributed by atoms with Gasteiger partial charge in [-0.3, -0.25) is 4.79 Å². The van der Waals surface area contributed by atoms with Crippen LogP contribution >= 0.6 is 0 Å². The molecule has 2 aliphatic rings. The number of carbonyl (C=O) groups is 3. The molecule has 4 atom stereocenters. The van der Waals surface area contributed by atoms with E-state index in [4.69, 9.17) is 9.47 Å². The fourth-order valence-corrected chi connectivity index (χ4v) is 5.78. The van der Waals surface area contributed by atoms with Crippen LogP contribution in [0, 0.1) is 5.92 Å². The number of nitrogens with zero attached hydrogens (tertiary/aromatic N) is 2. The first-order chi connectivity index (χ1) is 21.0. The van der Waals surface area contributed by atoms with Gasteiger partial charge in [-0.15, -0.1) is 0 Å². The number of carbonyl (C=O) groups excluding carboxylic acids is 3. The van der Waals surface area contributed by atoms with Crippen molar-refractivity contribution in [1.82, 2.24) is 20.4 Å². The van der Waals surface area contributed by atoms with E-state index in [1.54, 1.807) is 42.0 Å². The summed E-state index contributed by atoms with van der Waals surface area (Å²) < 4.78 is 12.6.